The molecular formula is C22H28N4O2S. The number of ketones is 1. The number of unbranched alkanes of at least 4 members (excludes halogenated alkanes) is 2. The lowest BCUT2D eigenvalue weighted by Gasteiger charge is -2.32. The average Bonchev–Trinajstić information content (AvgIpc) is 3.13. The van der Waals surface area contributed by atoms with E-state index < -0.39 is 0 Å². The Kier molecular flexibility index (Phi) is 6.23. The van der Waals surface area contributed by atoms with Crippen LogP contribution >= 0.6 is 11.8 Å². The molecule has 2 heterocycles. The highest BCUT2D eigenvalue weighted by atomic mass is 32.2. The number of carbonyl (C=O) groups excluding carboxylic acids is 1. The van der Waals surface area contributed by atoms with Crippen LogP contribution in [0.3, 0.4) is 0 Å². The predicted molar refractivity (Wildman–Crippen MR) is 116 cm³/mol. The van der Waals surface area contributed by atoms with Crippen LogP contribution in [0, 0.1) is 0 Å². The van der Waals surface area contributed by atoms with Crippen LogP contribution in [0.2, 0.25) is 0 Å². The number of hydrogen-bond donors (Lipinski definition) is 1. The second-order valence-corrected chi connectivity index (χ2v) is 8.45. The van der Waals surface area contributed by atoms with E-state index in [1.165, 1.54) is 12.8 Å². The van der Waals surface area contributed by atoms with Gasteiger partial charge in [-0.1, -0.05) is 49.7 Å². The number of rotatable bonds is 8. The average molecular weight is 413 g/mol. The summed E-state index contributed by atoms with van der Waals surface area (Å²) in [4.78, 5) is 17.7. The van der Waals surface area contributed by atoms with Gasteiger partial charge in [-0.25, -0.2) is 4.68 Å². The first-order valence-electron chi connectivity index (χ1n) is 10.6. The van der Waals surface area contributed by atoms with Crippen LogP contribution in [0.4, 0.5) is 5.95 Å². The lowest BCUT2D eigenvalue weighted by Crippen LogP contribution is -2.31. The van der Waals surface area contributed by atoms with Gasteiger partial charge in [0.25, 0.3) is 0 Å². The summed E-state index contributed by atoms with van der Waals surface area (Å²) in [6, 6.07) is 7.66. The molecule has 1 atom stereocenters. The lowest BCUT2D eigenvalue weighted by atomic mass is 9.85. The van der Waals surface area contributed by atoms with E-state index in [2.05, 4.69) is 12.2 Å². The Labute approximate surface area is 176 Å². The quantitative estimate of drug-likeness (QED) is 0.487. The fourth-order valence-electron chi connectivity index (χ4n) is 3.99. The van der Waals surface area contributed by atoms with Crippen LogP contribution in [-0.2, 0) is 4.79 Å². The van der Waals surface area contributed by atoms with E-state index in [1.807, 2.05) is 35.9 Å². The van der Waals surface area contributed by atoms with Crippen molar-refractivity contribution in [2.45, 2.75) is 63.6 Å². The number of nitrogens with one attached hydrogen (secondary N) is 1. The van der Waals surface area contributed by atoms with Crippen LogP contribution < -0.4 is 10.1 Å². The van der Waals surface area contributed by atoms with Crippen molar-refractivity contribution in [2.24, 2.45) is 0 Å². The van der Waals surface area contributed by atoms with E-state index in [9.17, 15) is 4.79 Å². The number of nitrogens with zero attached hydrogens (tertiary/aromatic N) is 3. The van der Waals surface area contributed by atoms with Gasteiger partial charge in [0, 0.05) is 29.0 Å². The molecule has 0 radical (unpaired) electrons. The number of aromatic nitrogens is 3. The fraction of sp³-hybridized carbons (Fsp3) is 0.500. The standard InChI is InChI=1S/C22H28N4O2S/c1-3-5-8-14-29-22-24-21-23-16-11-9-12-17(27)19(16)20(26(21)25-22)15-10-6-7-13-18(15)28-4-2/h6-7,10,13,20H,3-5,8-9,11-12,14H2,1-2H3,(H,23,24,25)/t20-/m1/s1. The first-order valence-corrected chi connectivity index (χ1v) is 11.6. The summed E-state index contributed by atoms with van der Waals surface area (Å²) >= 11 is 1.68. The molecule has 0 spiro atoms. The molecule has 0 amide bonds. The Morgan fingerprint density at radius 1 is 1.24 bits per heavy atom. The number of ether oxygens (including phenoxy) is 1. The number of allylic oxidation sites excluding steroid dienone is 2. The molecule has 0 fully saturated rings. The summed E-state index contributed by atoms with van der Waals surface area (Å²) < 4.78 is 7.77. The Morgan fingerprint density at radius 3 is 2.93 bits per heavy atom. The van der Waals surface area contributed by atoms with Gasteiger partial charge in [-0.15, -0.1) is 5.10 Å². The first-order chi connectivity index (χ1) is 14.2. The molecule has 4 rings (SSSR count). The number of benzene rings is 1. The fourth-order valence-corrected chi connectivity index (χ4v) is 4.82. The van der Waals surface area contributed by atoms with Gasteiger partial charge in [-0.2, -0.15) is 4.98 Å². The van der Waals surface area contributed by atoms with Gasteiger partial charge in [0.05, 0.1) is 6.61 Å². The van der Waals surface area contributed by atoms with Gasteiger partial charge in [-0.05, 0) is 32.3 Å². The van der Waals surface area contributed by atoms with E-state index in [1.54, 1.807) is 11.8 Å². The third kappa shape index (κ3) is 4.06. The largest absolute Gasteiger partial charge is 0.494 e. The zero-order valence-corrected chi connectivity index (χ0v) is 17.9. The second kappa shape index (κ2) is 9.03. The van der Waals surface area contributed by atoms with Crippen molar-refractivity contribution in [2.75, 3.05) is 17.7 Å². The molecule has 1 N–H and O–H groups in total. The van der Waals surface area contributed by atoms with E-state index >= 15 is 0 Å². The van der Waals surface area contributed by atoms with Crippen molar-refractivity contribution in [1.82, 2.24) is 14.8 Å². The molecule has 1 aliphatic carbocycles. The van der Waals surface area contributed by atoms with Crippen LogP contribution in [0.25, 0.3) is 0 Å². The molecule has 7 heteroatoms. The summed E-state index contributed by atoms with van der Waals surface area (Å²) in [5, 5.41) is 8.95. The van der Waals surface area contributed by atoms with E-state index in [0.29, 0.717) is 19.0 Å². The molecule has 1 aliphatic heterocycles. The molecule has 1 aromatic carbocycles. The van der Waals surface area contributed by atoms with Crippen molar-refractivity contribution in [1.29, 1.82) is 0 Å². The molecule has 0 saturated heterocycles. The van der Waals surface area contributed by atoms with Gasteiger partial charge in [0.1, 0.15) is 11.8 Å². The molecule has 0 bridgehead atoms. The number of carbonyl (C=O) groups is 1. The smallest absolute Gasteiger partial charge is 0.227 e. The number of anilines is 1. The normalized spacial score (nSPS) is 18.3. The van der Waals surface area contributed by atoms with Crippen LogP contribution in [0.15, 0.2) is 40.7 Å². The zero-order chi connectivity index (χ0) is 20.2. The topological polar surface area (TPSA) is 69.0 Å². The molecule has 0 saturated carbocycles. The van der Waals surface area contributed by atoms with Crippen molar-refractivity contribution < 1.29 is 9.53 Å². The van der Waals surface area contributed by atoms with Gasteiger partial charge >= 0.3 is 0 Å². The van der Waals surface area contributed by atoms with Crippen molar-refractivity contribution in [3.05, 3.63) is 41.1 Å². The van der Waals surface area contributed by atoms with Gasteiger partial charge in [0.15, 0.2) is 5.78 Å². The minimum Gasteiger partial charge on any atom is -0.494 e. The van der Waals surface area contributed by atoms with Crippen LogP contribution in [0.5, 0.6) is 5.75 Å². The van der Waals surface area contributed by atoms with Crippen LogP contribution in [-0.4, -0.2) is 32.9 Å². The number of hydrogen-bond acceptors (Lipinski definition) is 6. The summed E-state index contributed by atoms with van der Waals surface area (Å²) in [5.74, 6) is 2.70. The molecule has 1 aromatic heterocycles. The molecule has 6 nitrogen and oxygen atoms in total. The highest BCUT2D eigenvalue weighted by molar-refractivity contribution is 7.99. The van der Waals surface area contributed by atoms with Gasteiger partial charge in [-0.3, -0.25) is 4.79 Å². The maximum atomic E-state index is 12.9. The van der Waals surface area contributed by atoms with Crippen molar-refractivity contribution in [3.63, 3.8) is 0 Å². The highest BCUT2D eigenvalue weighted by Crippen LogP contribution is 2.43. The third-order valence-electron chi connectivity index (χ3n) is 5.34. The minimum atomic E-state index is -0.297. The summed E-state index contributed by atoms with van der Waals surface area (Å²) in [6.45, 7) is 4.75. The number of thioether (sulfide) groups is 1. The molecule has 29 heavy (non-hydrogen) atoms. The maximum Gasteiger partial charge on any atom is 0.227 e. The molecular weight excluding hydrogens is 384 g/mol. The first kappa shape index (κ1) is 20.0. The molecule has 0 unspecified atom stereocenters. The van der Waals surface area contributed by atoms with Crippen molar-refractivity contribution >= 4 is 23.5 Å². The van der Waals surface area contributed by atoms with E-state index in [0.717, 1.165) is 52.8 Å². The summed E-state index contributed by atoms with van der Waals surface area (Å²) in [7, 11) is 0. The predicted octanol–water partition coefficient (Wildman–Crippen LogP) is 4.98. The Bertz CT molecular complexity index is 921. The van der Waals surface area contributed by atoms with Crippen LogP contribution in [0.1, 0.15) is 64.0 Å². The summed E-state index contributed by atoms with van der Waals surface area (Å²) in [5.41, 5.74) is 2.76. The van der Waals surface area contributed by atoms with Gasteiger partial charge < -0.3 is 10.1 Å². The SMILES string of the molecule is CCCCCSc1nc2n(n1)[C@H](c1ccccc1OCC)C1=C(CCCC1=O)N2. The van der Waals surface area contributed by atoms with Crippen molar-refractivity contribution in [3.8, 4) is 5.75 Å². The van der Waals surface area contributed by atoms with Gasteiger partial charge in [0.2, 0.25) is 11.1 Å². The third-order valence-corrected chi connectivity index (χ3v) is 6.27. The minimum absolute atomic E-state index is 0.188. The zero-order valence-electron chi connectivity index (χ0n) is 17.1. The second-order valence-electron chi connectivity index (χ2n) is 7.39. The molecule has 2 aromatic rings. The Balaban J connectivity index is 1.74. The Hall–Kier alpha value is -2.28. The lowest BCUT2D eigenvalue weighted by molar-refractivity contribution is -0.116. The number of Topliss-reactive ketones (excluding diaryl/α,β-unsaturated/α-hetero) is 1. The number of para-hydroxylation sites is 1. The van der Waals surface area contributed by atoms with E-state index in [4.69, 9.17) is 14.8 Å². The molecule has 154 valence electrons. The monoisotopic (exact) mass is 412 g/mol. The van der Waals surface area contributed by atoms with E-state index in [-0.39, 0.29) is 11.8 Å². The molecule has 2 aliphatic rings. The highest BCUT2D eigenvalue weighted by Gasteiger charge is 2.38. The summed E-state index contributed by atoms with van der Waals surface area (Å²) in [6.07, 6.45) is 5.88. The number of fused-ring (bicyclic) bond motifs is 1. The Morgan fingerprint density at radius 2 is 2.10 bits per heavy atom. The maximum absolute atomic E-state index is 12.9.